The first-order valence-corrected chi connectivity index (χ1v) is 15.5. The highest BCUT2D eigenvalue weighted by atomic mass is 35.5. The highest BCUT2D eigenvalue weighted by molar-refractivity contribution is 6.06. The van der Waals surface area contributed by atoms with Crippen molar-refractivity contribution < 1.29 is 24.8 Å². The van der Waals surface area contributed by atoms with Gasteiger partial charge in [-0.15, -0.1) is 0 Å². The van der Waals surface area contributed by atoms with Crippen LogP contribution in [0.3, 0.4) is 0 Å². The van der Waals surface area contributed by atoms with Crippen LogP contribution in [0.15, 0.2) is 82.1 Å². The van der Waals surface area contributed by atoms with E-state index < -0.39 is 0 Å². The SMILES string of the molecule is CC1=CC(Nc2ccc3c(c2)C(N)=CC(C)N3C)=NC(N)N1C.CC1=CC(Nc2ccc3c(c2)C(N)=CC(C)N3C)=NC(N)N1C.[Cl-].[Cl-]. The Hall–Kier alpha value is -4.36. The molecule has 260 valence electrons. The molecule has 0 amide bonds. The number of hydrogen-bond donors (Lipinski definition) is 6. The van der Waals surface area contributed by atoms with Crippen LogP contribution in [0.1, 0.15) is 38.8 Å². The summed E-state index contributed by atoms with van der Waals surface area (Å²) >= 11 is 0. The van der Waals surface area contributed by atoms with Gasteiger partial charge in [-0.05, 0) is 88.4 Å². The highest BCUT2D eigenvalue weighted by Crippen LogP contribution is 2.34. The van der Waals surface area contributed by atoms with E-state index in [9.17, 15) is 0 Å². The smallest absolute Gasteiger partial charge is 0.175 e. The largest absolute Gasteiger partial charge is 1.00 e. The van der Waals surface area contributed by atoms with E-state index >= 15 is 0 Å². The minimum atomic E-state index is -0.364. The third kappa shape index (κ3) is 7.84. The van der Waals surface area contributed by atoms with Gasteiger partial charge in [-0.3, -0.25) is 11.5 Å². The van der Waals surface area contributed by atoms with Gasteiger partial charge < -0.3 is 66.5 Å². The van der Waals surface area contributed by atoms with Crippen LogP contribution in [-0.4, -0.2) is 74.3 Å². The van der Waals surface area contributed by atoms with Gasteiger partial charge in [0.15, 0.2) is 12.6 Å². The van der Waals surface area contributed by atoms with Crippen molar-refractivity contribution in [3.05, 3.63) is 83.2 Å². The fourth-order valence-electron chi connectivity index (χ4n) is 5.65. The van der Waals surface area contributed by atoms with Crippen LogP contribution in [0.4, 0.5) is 22.7 Å². The number of nitrogens with zero attached hydrogens (tertiary/aromatic N) is 6. The van der Waals surface area contributed by atoms with Crippen molar-refractivity contribution in [2.75, 3.05) is 48.6 Å². The number of nitrogens with two attached hydrogens (primary N) is 4. The summed E-state index contributed by atoms with van der Waals surface area (Å²) in [5.74, 6) is 1.52. The average molecular weight is 696 g/mol. The minimum Gasteiger partial charge on any atom is -1.00 e. The summed E-state index contributed by atoms with van der Waals surface area (Å²) in [4.78, 5) is 17.2. The van der Waals surface area contributed by atoms with Gasteiger partial charge in [-0.1, -0.05) is 0 Å². The van der Waals surface area contributed by atoms with Gasteiger partial charge in [0, 0.05) is 96.9 Å². The number of benzene rings is 2. The molecule has 0 aromatic heterocycles. The molecule has 0 radical (unpaired) electrons. The van der Waals surface area contributed by atoms with Gasteiger partial charge in [0.25, 0.3) is 0 Å². The van der Waals surface area contributed by atoms with E-state index in [1.54, 1.807) is 0 Å². The summed E-state index contributed by atoms with van der Waals surface area (Å²) in [6.45, 7) is 8.29. The van der Waals surface area contributed by atoms with Crippen LogP contribution >= 0.6 is 0 Å². The molecule has 0 aliphatic carbocycles. The molecule has 4 heterocycles. The summed E-state index contributed by atoms with van der Waals surface area (Å²) in [5, 5.41) is 6.65. The predicted molar refractivity (Wildman–Crippen MR) is 194 cm³/mol. The number of fused-ring (bicyclic) bond motifs is 2. The van der Waals surface area contributed by atoms with Crippen molar-refractivity contribution >= 4 is 45.8 Å². The van der Waals surface area contributed by atoms with E-state index in [1.807, 2.05) is 62.0 Å². The zero-order chi connectivity index (χ0) is 33.4. The molecule has 0 saturated heterocycles. The molecular formula is C34H48Cl2N12-2. The van der Waals surface area contributed by atoms with Crippen molar-refractivity contribution in [3.63, 3.8) is 0 Å². The second kappa shape index (κ2) is 15.2. The van der Waals surface area contributed by atoms with Crippen molar-refractivity contribution in [2.24, 2.45) is 32.9 Å². The number of amidine groups is 2. The molecule has 4 aliphatic rings. The molecule has 2 aromatic rings. The quantitative estimate of drug-likeness (QED) is 0.197. The monoisotopic (exact) mass is 694 g/mol. The second-order valence-electron chi connectivity index (χ2n) is 12.3. The van der Waals surface area contributed by atoms with Crippen molar-refractivity contribution in [1.29, 1.82) is 0 Å². The first kappa shape index (κ1) is 38.1. The average Bonchev–Trinajstić information content (AvgIpc) is 3.00. The number of anilines is 4. The molecule has 4 unspecified atom stereocenters. The summed E-state index contributed by atoms with van der Waals surface area (Å²) in [6, 6.07) is 12.9. The Morgan fingerprint density at radius 2 is 0.958 bits per heavy atom. The first-order chi connectivity index (χ1) is 21.7. The zero-order valence-electron chi connectivity index (χ0n) is 28.8. The number of likely N-dealkylation sites (N-methyl/N-ethyl adjacent to an activating group) is 2. The Morgan fingerprint density at radius 1 is 0.604 bits per heavy atom. The number of rotatable bonds is 2. The van der Waals surface area contributed by atoms with E-state index in [4.69, 9.17) is 22.9 Å². The van der Waals surface area contributed by atoms with Gasteiger partial charge in [0.2, 0.25) is 0 Å². The number of halogens is 2. The maximum absolute atomic E-state index is 6.20. The summed E-state index contributed by atoms with van der Waals surface area (Å²) in [7, 11) is 8.01. The number of aliphatic imine (C=N–C) groups is 2. The molecule has 48 heavy (non-hydrogen) atoms. The van der Waals surface area contributed by atoms with Crippen LogP contribution in [0.5, 0.6) is 0 Å². The maximum atomic E-state index is 6.20. The molecule has 0 bridgehead atoms. The van der Waals surface area contributed by atoms with E-state index in [-0.39, 0.29) is 37.4 Å². The molecule has 12 nitrogen and oxygen atoms in total. The molecule has 0 saturated carbocycles. The predicted octanol–water partition coefficient (Wildman–Crippen LogP) is -2.54. The van der Waals surface area contributed by atoms with E-state index in [2.05, 4.69) is 94.8 Å². The van der Waals surface area contributed by atoms with Gasteiger partial charge >= 0.3 is 0 Å². The lowest BCUT2D eigenvalue weighted by Gasteiger charge is -2.32. The van der Waals surface area contributed by atoms with Gasteiger partial charge in [0.1, 0.15) is 11.7 Å². The van der Waals surface area contributed by atoms with Crippen LogP contribution in [-0.2, 0) is 0 Å². The van der Waals surface area contributed by atoms with Gasteiger partial charge in [-0.25, -0.2) is 9.98 Å². The third-order valence-corrected chi connectivity index (χ3v) is 9.12. The lowest BCUT2D eigenvalue weighted by atomic mass is 10.0. The molecule has 10 N–H and O–H groups in total. The lowest BCUT2D eigenvalue weighted by Crippen LogP contribution is -3.00. The number of hydrogen-bond acceptors (Lipinski definition) is 12. The van der Waals surface area contributed by atoms with Crippen molar-refractivity contribution in [3.8, 4) is 0 Å². The van der Waals surface area contributed by atoms with Crippen LogP contribution in [0, 0.1) is 0 Å². The topological polar surface area (TPSA) is 166 Å². The Morgan fingerprint density at radius 3 is 1.29 bits per heavy atom. The Labute approximate surface area is 296 Å². The summed E-state index contributed by atoms with van der Waals surface area (Å²) < 4.78 is 0. The molecular weight excluding hydrogens is 647 g/mol. The second-order valence-corrected chi connectivity index (χ2v) is 12.3. The maximum Gasteiger partial charge on any atom is 0.175 e. The van der Waals surface area contributed by atoms with Crippen LogP contribution < -0.4 is 68.2 Å². The van der Waals surface area contributed by atoms with E-state index in [1.165, 1.54) is 0 Å². The molecule has 14 heteroatoms. The minimum absolute atomic E-state index is 0. The van der Waals surface area contributed by atoms with Crippen molar-refractivity contribution in [2.45, 2.75) is 52.4 Å². The Balaban J connectivity index is 0.000000250. The Bertz CT molecular complexity index is 1570. The van der Waals surface area contributed by atoms with Crippen LogP contribution in [0.2, 0.25) is 0 Å². The fourth-order valence-corrected chi connectivity index (χ4v) is 5.65. The van der Waals surface area contributed by atoms with E-state index in [0.29, 0.717) is 12.1 Å². The standard InChI is InChI=1S/2C17H24N6.2ClH/c2*1-10-7-14(18)13-9-12(5-6-15(13)22(10)3)20-16-8-11(2)23(4)17(19)21-16;;/h2*5-10,17H,18-19H2,1-4H3,(H,20,21);2*1H/p-2. The molecule has 6 rings (SSSR count). The zero-order valence-corrected chi connectivity index (χ0v) is 30.3. The first-order valence-electron chi connectivity index (χ1n) is 15.5. The normalized spacial score (nSPS) is 22.8. The number of allylic oxidation sites excluding steroid dienone is 2. The van der Waals surface area contributed by atoms with Gasteiger partial charge in [-0.2, -0.15) is 0 Å². The fraction of sp³-hybridized carbons (Fsp3) is 0.353. The van der Waals surface area contributed by atoms with Crippen molar-refractivity contribution in [1.82, 2.24) is 9.80 Å². The van der Waals surface area contributed by atoms with Gasteiger partial charge in [0.05, 0.1) is 0 Å². The summed E-state index contributed by atoms with van der Waals surface area (Å²) in [6.07, 6.45) is 7.37. The molecule has 4 atom stereocenters. The number of nitrogens with one attached hydrogen (secondary N) is 2. The Kier molecular flexibility index (Phi) is 12.1. The molecule has 4 aliphatic heterocycles. The molecule has 0 spiro atoms. The third-order valence-electron chi connectivity index (χ3n) is 9.12. The van der Waals surface area contributed by atoms with Crippen LogP contribution in [0.25, 0.3) is 11.4 Å². The van der Waals surface area contributed by atoms with E-state index in [0.717, 1.165) is 68.3 Å². The molecule has 0 fully saturated rings. The molecule has 2 aromatic carbocycles. The lowest BCUT2D eigenvalue weighted by molar-refractivity contribution is -0.00100. The highest BCUT2D eigenvalue weighted by Gasteiger charge is 2.22. The summed E-state index contributed by atoms with van der Waals surface area (Å²) in [5.41, 5.74) is 34.4.